The highest BCUT2D eigenvalue weighted by molar-refractivity contribution is 5.73. The van der Waals surface area contributed by atoms with E-state index >= 15 is 0 Å². The number of carbonyl (C=O) groups excluding carboxylic acids is 2. The van der Waals surface area contributed by atoms with Crippen molar-refractivity contribution >= 4 is 11.9 Å². The fourth-order valence-corrected chi connectivity index (χ4v) is 8.88. The van der Waals surface area contributed by atoms with Gasteiger partial charge in [-0.2, -0.15) is 0 Å². The van der Waals surface area contributed by atoms with E-state index in [0.717, 1.165) is 0 Å². The second kappa shape index (κ2) is 19.3. The van der Waals surface area contributed by atoms with E-state index in [0.29, 0.717) is 19.4 Å². The number of hydrogen-bond acceptors (Lipinski definition) is 14. The lowest BCUT2D eigenvalue weighted by Crippen LogP contribution is -2.61. The lowest BCUT2D eigenvalue weighted by atomic mass is 9.78. The number of cyclic esters (lactones) is 1. The number of aliphatic hydroxyl groups excluding tert-OH is 2. The van der Waals surface area contributed by atoms with Gasteiger partial charge in [-0.05, 0) is 87.9 Å². The van der Waals surface area contributed by atoms with Gasteiger partial charge in [0.1, 0.15) is 12.2 Å². The van der Waals surface area contributed by atoms with Gasteiger partial charge >= 0.3 is 11.9 Å². The third kappa shape index (κ3) is 11.1. The molecule has 3 saturated heterocycles. The number of methoxy groups -OCH3 is 1. The van der Waals surface area contributed by atoms with Crippen LogP contribution in [0.2, 0.25) is 0 Å². The summed E-state index contributed by atoms with van der Waals surface area (Å²) < 4.78 is 44.1. The molecule has 54 heavy (non-hydrogen) atoms. The number of nitrogens with zero attached hydrogens (tertiary/aromatic N) is 2. The fourth-order valence-electron chi connectivity index (χ4n) is 8.88. The Bertz CT molecular complexity index is 1210. The van der Waals surface area contributed by atoms with Crippen molar-refractivity contribution in [2.45, 2.75) is 187 Å². The highest BCUT2D eigenvalue weighted by atomic mass is 16.7. The summed E-state index contributed by atoms with van der Waals surface area (Å²) in [4.78, 5) is 30.8. The Morgan fingerprint density at radius 3 is 2.17 bits per heavy atom. The van der Waals surface area contributed by atoms with E-state index in [1.54, 1.807) is 27.7 Å². The second-order valence-electron chi connectivity index (χ2n) is 17.5. The molecule has 0 aliphatic carbocycles. The van der Waals surface area contributed by atoms with E-state index in [-0.39, 0.29) is 42.9 Å². The quantitative estimate of drug-likeness (QED) is 0.308. The van der Waals surface area contributed by atoms with Crippen LogP contribution in [-0.2, 0) is 42.7 Å². The maximum absolute atomic E-state index is 14.3. The molecule has 3 heterocycles. The first-order valence-corrected chi connectivity index (χ1v) is 20.0. The van der Waals surface area contributed by atoms with Crippen LogP contribution in [0.15, 0.2) is 0 Å². The molecule has 1 unspecified atom stereocenters. The molecule has 3 N–H and O–H groups in total. The van der Waals surface area contributed by atoms with Crippen molar-refractivity contribution in [3.63, 3.8) is 0 Å². The first-order valence-electron chi connectivity index (χ1n) is 20.0. The molecule has 0 saturated carbocycles. The average molecular weight is 775 g/mol. The van der Waals surface area contributed by atoms with Crippen LogP contribution in [0.3, 0.4) is 0 Å². The Balaban J connectivity index is 2.21. The third-order valence-electron chi connectivity index (χ3n) is 12.5. The van der Waals surface area contributed by atoms with Gasteiger partial charge in [-0.1, -0.05) is 27.7 Å². The van der Waals surface area contributed by atoms with Gasteiger partial charge in [0.05, 0.1) is 53.7 Å². The van der Waals surface area contributed by atoms with Crippen LogP contribution in [0.1, 0.15) is 102 Å². The molecular weight excluding hydrogens is 700 g/mol. The molecule has 0 bridgehead atoms. The largest absolute Gasteiger partial charge is 0.462 e. The summed E-state index contributed by atoms with van der Waals surface area (Å²) in [7, 11) is 7.31. The Hall–Kier alpha value is -1.46. The van der Waals surface area contributed by atoms with Gasteiger partial charge in [0.15, 0.2) is 18.7 Å². The Kier molecular flexibility index (Phi) is 16.8. The lowest BCUT2D eigenvalue weighted by Gasteiger charge is -2.49. The first kappa shape index (κ1) is 46.9. The highest BCUT2D eigenvalue weighted by Crippen LogP contribution is 2.40. The van der Waals surface area contributed by atoms with E-state index in [1.807, 2.05) is 67.6 Å². The van der Waals surface area contributed by atoms with E-state index in [9.17, 15) is 24.9 Å². The van der Waals surface area contributed by atoms with Gasteiger partial charge in [-0.25, -0.2) is 0 Å². The van der Waals surface area contributed by atoms with Crippen LogP contribution < -0.4 is 0 Å². The molecule has 316 valence electrons. The predicted molar refractivity (Wildman–Crippen MR) is 202 cm³/mol. The molecule has 0 aromatic heterocycles. The highest BCUT2D eigenvalue weighted by Gasteiger charge is 2.52. The molecule has 14 heteroatoms. The smallest absolute Gasteiger partial charge is 0.311 e. The van der Waals surface area contributed by atoms with Crippen molar-refractivity contribution in [1.29, 1.82) is 0 Å². The number of esters is 2. The lowest BCUT2D eigenvalue weighted by molar-refractivity contribution is -0.318. The average Bonchev–Trinajstić information content (AvgIpc) is 3.09. The zero-order valence-electron chi connectivity index (χ0n) is 35.7. The number of hydrogen-bond donors (Lipinski definition) is 3. The molecule has 0 spiro atoms. The van der Waals surface area contributed by atoms with Crippen LogP contribution in [0.4, 0.5) is 0 Å². The molecule has 14 nitrogen and oxygen atoms in total. The fraction of sp³-hybridized carbons (Fsp3) is 0.950. The van der Waals surface area contributed by atoms with Crippen molar-refractivity contribution < 1.29 is 58.1 Å². The molecule has 3 aliphatic heterocycles. The number of rotatable bonds is 8. The van der Waals surface area contributed by atoms with Gasteiger partial charge in [0.2, 0.25) is 0 Å². The van der Waals surface area contributed by atoms with E-state index in [1.165, 1.54) is 14.0 Å². The molecule has 0 radical (unpaired) electrons. The SMILES string of the molecule is CC[C@@H]1OC(=O)[C@H](C)[C@@H](O[C@H]2C[C@@](C)(OC)[C@@H](O)[C@H](C)O2)[C@H](C)[C@@H](O[C@@H]2O[C@H](C)C[C@H](N(C)C)[C@H]2OC(C)=O)C(C)(O)C[C@@H](C)N(C)C[C@H](C)[C@@H](O)[C@H]1C. The molecule has 0 amide bonds. The second-order valence-corrected chi connectivity index (χ2v) is 17.5. The molecule has 0 aromatic rings. The van der Waals surface area contributed by atoms with E-state index in [4.69, 9.17) is 33.2 Å². The molecule has 18 atom stereocenters. The topological polar surface area (TPSA) is 166 Å². The first-order chi connectivity index (χ1) is 25.0. The van der Waals surface area contributed by atoms with Crippen LogP contribution in [-0.4, -0.2) is 157 Å². The zero-order chi connectivity index (χ0) is 41.0. The minimum absolute atomic E-state index is 0.157. The van der Waals surface area contributed by atoms with E-state index in [2.05, 4.69) is 4.90 Å². The summed E-state index contributed by atoms with van der Waals surface area (Å²) in [6, 6.07) is -0.422. The number of aliphatic hydroxyl groups is 3. The van der Waals surface area contributed by atoms with Crippen molar-refractivity contribution in [3.8, 4) is 0 Å². The van der Waals surface area contributed by atoms with Crippen molar-refractivity contribution in [2.24, 2.45) is 23.7 Å². The van der Waals surface area contributed by atoms with Gasteiger partial charge in [-0.15, -0.1) is 0 Å². The summed E-state index contributed by atoms with van der Waals surface area (Å²) in [5.41, 5.74) is -2.56. The summed E-state index contributed by atoms with van der Waals surface area (Å²) in [5.74, 6) is -3.18. The number of ether oxygens (including phenoxy) is 7. The maximum atomic E-state index is 14.3. The van der Waals surface area contributed by atoms with E-state index < -0.39 is 90.3 Å². The number of carbonyl (C=O) groups is 2. The van der Waals surface area contributed by atoms with Crippen LogP contribution in [0.5, 0.6) is 0 Å². The van der Waals surface area contributed by atoms with Gasteiger partial charge in [0, 0.05) is 44.9 Å². The van der Waals surface area contributed by atoms with Crippen LogP contribution >= 0.6 is 0 Å². The van der Waals surface area contributed by atoms with Crippen molar-refractivity contribution in [3.05, 3.63) is 0 Å². The Morgan fingerprint density at radius 2 is 1.61 bits per heavy atom. The van der Waals surface area contributed by atoms with Crippen molar-refractivity contribution in [1.82, 2.24) is 9.80 Å². The molecule has 3 aliphatic rings. The van der Waals surface area contributed by atoms with Crippen LogP contribution in [0, 0.1) is 23.7 Å². The number of likely N-dealkylation sites (N-methyl/N-ethyl adjacent to an activating group) is 1. The van der Waals surface area contributed by atoms with Gasteiger partial charge in [0.25, 0.3) is 0 Å². The molecule has 3 rings (SSSR count). The minimum atomic E-state index is -1.56. The normalized spacial score (nSPS) is 46.7. The van der Waals surface area contributed by atoms with Crippen LogP contribution in [0.25, 0.3) is 0 Å². The monoisotopic (exact) mass is 775 g/mol. The summed E-state index contributed by atoms with van der Waals surface area (Å²) >= 11 is 0. The summed E-state index contributed by atoms with van der Waals surface area (Å²) in [6.45, 7) is 20.4. The Morgan fingerprint density at radius 1 is 0.981 bits per heavy atom. The Labute approximate surface area is 324 Å². The summed E-state index contributed by atoms with van der Waals surface area (Å²) in [6.07, 6.45) is -6.51. The van der Waals surface area contributed by atoms with Gasteiger partial charge in [-0.3, -0.25) is 9.59 Å². The predicted octanol–water partition coefficient (Wildman–Crippen LogP) is 3.36. The summed E-state index contributed by atoms with van der Waals surface area (Å²) in [5, 5.41) is 35.1. The third-order valence-corrected chi connectivity index (χ3v) is 12.5. The minimum Gasteiger partial charge on any atom is -0.462 e. The standard InChI is InChI=1S/C40H74N2O12/c1-16-30-24(5)32(44)21(2)20-42(14)22(3)18-39(10,47)36(54-38-34(51-28(9)43)29(41(12)13)17-23(4)49-38)25(6)33(26(7)37(46)52-30)53-31-19-40(11,48-15)35(45)27(8)50-31/h21-27,29-36,38,44-45,47H,16-20H2,1-15H3/t21-,22+,23+,24-,25-,26+,27-,29-,30-,31-,32+,33-,34+,35-,36+,38-,39?,40+/m0/s1. The molecular formula is C40H74N2O12. The molecule has 0 aromatic carbocycles. The van der Waals surface area contributed by atoms with Gasteiger partial charge < -0.3 is 58.3 Å². The zero-order valence-corrected chi connectivity index (χ0v) is 35.7. The van der Waals surface area contributed by atoms with Crippen molar-refractivity contribution in [2.75, 3.05) is 34.8 Å². The molecule has 3 fully saturated rings. The maximum Gasteiger partial charge on any atom is 0.311 e.